The number of aliphatic imine (C=N–C) groups is 1. The van der Waals surface area contributed by atoms with Crippen LogP contribution in [-0.2, 0) is 11.2 Å². The maximum Gasteiger partial charge on any atom is 0.191 e. The molecule has 0 atom stereocenters. The second-order valence-corrected chi connectivity index (χ2v) is 5.57. The number of nitrogens with zero attached hydrogens (tertiary/aromatic N) is 2. The average Bonchev–Trinajstić information content (AvgIpc) is 2.57. The summed E-state index contributed by atoms with van der Waals surface area (Å²) in [4.78, 5) is 6.88. The lowest BCUT2D eigenvalue weighted by Crippen LogP contribution is -2.41. The van der Waals surface area contributed by atoms with Crippen molar-refractivity contribution in [3.63, 3.8) is 0 Å². The van der Waals surface area contributed by atoms with Crippen LogP contribution in [0.25, 0.3) is 0 Å². The Balaban J connectivity index is 0.00000529. The number of benzene rings is 1. The third-order valence-corrected chi connectivity index (χ3v) is 3.54. The van der Waals surface area contributed by atoms with E-state index in [1.807, 2.05) is 0 Å². The first kappa shape index (κ1) is 23.1. The van der Waals surface area contributed by atoms with Gasteiger partial charge in [-0.3, -0.25) is 4.99 Å². The molecular weight excluding hydrogens is 415 g/mol. The molecule has 138 valence electrons. The molecule has 1 aromatic carbocycles. The van der Waals surface area contributed by atoms with Crippen LogP contribution in [0.1, 0.15) is 18.9 Å². The van der Waals surface area contributed by atoms with Gasteiger partial charge in [0.05, 0.1) is 6.61 Å². The molecule has 0 unspecified atom stereocenters. The lowest BCUT2D eigenvalue weighted by atomic mass is 10.1. The molecule has 0 bridgehead atoms. The minimum atomic E-state index is 0. The molecule has 0 radical (unpaired) electrons. The molecule has 1 aromatic rings. The molecule has 0 heterocycles. The lowest BCUT2D eigenvalue weighted by molar-refractivity contribution is 0.162. The number of methoxy groups -OCH3 is 1. The molecule has 0 spiro atoms. The number of guanidine groups is 1. The van der Waals surface area contributed by atoms with Crippen LogP contribution in [-0.4, -0.2) is 64.3 Å². The molecule has 24 heavy (non-hydrogen) atoms. The van der Waals surface area contributed by atoms with E-state index in [2.05, 4.69) is 64.8 Å². The highest BCUT2D eigenvalue weighted by Crippen LogP contribution is 2.02. The zero-order chi connectivity index (χ0) is 16.8. The van der Waals surface area contributed by atoms with E-state index in [0.717, 1.165) is 58.1 Å². The number of aryl methyl sites for hydroxylation is 1. The first-order valence-electron chi connectivity index (χ1n) is 8.49. The number of ether oxygens (including phenoxy) is 1. The quantitative estimate of drug-likeness (QED) is 0.236. The van der Waals surface area contributed by atoms with Gasteiger partial charge in [0.1, 0.15) is 0 Å². The van der Waals surface area contributed by atoms with Gasteiger partial charge in [0, 0.05) is 39.8 Å². The summed E-state index contributed by atoms with van der Waals surface area (Å²) >= 11 is 0. The minimum absolute atomic E-state index is 0. The number of likely N-dealkylation sites (N-methyl/N-ethyl adjacent to an activating group) is 1. The van der Waals surface area contributed by atoms with Gasteiger partial charge in [0.25, 0.3) is 0 Å². The first-order chi connectivity index (χ1) is 11.3. The number of hydrogen-bond acceptors (Lipinski definition) is 3. The van der Waals surface area contributed by atoms with Gasteiger partial charge in [0.15, 0.2) is 5.96 Å². The summed E-state index contributed by atoms with van der Waals surface area (Å²) in [7, 11) is 3.84. The average molecular weight is 448 g/mol. The highest BCUT2D eigenvalue weighted by molar-refractivity contribution is 14.0. The van der Waals surface area contributed by atoms with E-state index in [0.29, 0.717) is 0 Å². The minimum Gasteiger partial charge on any atom is -0.383 e. The van der Waals surface area contributed by atoms with Crippen LogP contribution in [0.5, 0.6) is 0 Å². The van der Waals surface area contributed by atoms with Crippen LogP contribution in [0.2, 0.25) is 0 Å². The molecule has 0 aliphatic rings. The third kappa shape index (κ3) is 11.6. The number of rotatable bonds is 11. The van der Waals surface area contributed by atoms with Gasteiger partial charge in [-0.1, -0.05) is 30.3 Å². The highest BCUT2D eigenvalue weighted by atomic mass is 127. The Labute approximate surface area is 164 Å². The zero-order valence-electron chi connectivity index (χ0n) is 15.3. The smallest absolute Gasteiger partial charge is 0.191 e. The third-order valence-electron chi connectivity index (χ3n) is 3.54. The van der Waals surface area contributed by atoms with E-state index in [9.17, 15) is 0 Å². The molecule has 0 saturated heterocycles. The molecule has 0 aliphatic carbocycles. The summed E-state index contributed by atoms with van der Waals surface area (Å²) in [5.41, 5.74) is 1.38. The Morgan fingerprint density at radius 2 is 1.92 bits per heavy atom. The van der Waals surface area contributed by atoms with Crippen molar-refractivity contribution in [3.8, 4) is 0 Å². The molecule has 0 saturated carbocycles. The Morgan fingerprint density at radius 3 is 2.58 bits per heavy atom. The molecule has 2 N–H and O–H groups in total. The van der Waals surface area contributed by atoms with E-state index >= 15 is 0 Å². The summed E-state index contributed by atoms with van der Waals surface area (Å²) in [6.45, 7) is 7.37. The molecule has 1 rings (SSSR count). The van der Waals surface area contributed by atoms with E-state index in [-0.39, 0.29) is 24.0 Å². The van der Waals surface area contributed by atoms with Gasteiger partial charge in [0.2, 0.25) is 0 Å². The van der Waals surface area contributed by atoms with Crippen LogP contribution in [0, 0.1) is 0 Å². The summed E-state index contributed by atoms with van der Waals surface area (Å²) in [5.74, 6) is 0.903. The predicted molar refractivity (Wildman–Crippen MR) is 114 cm³/mol. The highest BCUT2D eigenvalue weighted by Gasteiger charge is 2.00. The van der Waals surface area contributed by atoms with Crippen LogP contribution in [0.4, 0.5) is 0 Å². The van der Waals surface area contributed by atoms with Crippen molar-refractivity contribution in [2.24, 2.45) is 4.99 Å². The van der Waals surface area contributed by atoms with Crippen LogP contribution < -0.4 is 10.6 Å². The number of nitrogens with one attached hydrogen (secondary N) is 2. The molecule has 5 nitrogen and oxygen atoms in total. The molecule has 0 fully saturated rings. The van der Waals surface area contributed by atoms with Crippen molar-refractivity contribution in [2.75, 3.05) is 53.5 Å². The predicted octanol–water partition coefficient (Wildman–Crippen LogP) is 2.37. The molecule has 6 heteroatoms. The maximum absolute atomic E-state index is 5.08. The summed E-state index contributed by atoms with van der Waals surface area (Å²) in [6.07, 6.45) is 2.14. The molecule has 0 aliphatic heterocycles. The summed E-state index contributed by atoms with van der Waals surface area (Å²) < 4.78 is 5.08. The van der Waals surface area contributed by atoms with E-state index in [4.69, 9.17) is 4.74 Å². The molecule has 0 amide bonds. The van der Waals surface area contributed by atoms with Crippen molar-refractivity contribution in [1.29, 1.82) is 0 Å². The van der Waals surface area contributed by atoms with Gasteiger partial charge in [-0.05, 0) is 32.4 Å². The standard InChI is InChI=1S/C18H32N4O.HI/c1-4-19-18(21-13-14-22(2)15-16-23-3)20-12-8-11-17-9-6-5-7-10-17;/h5-7,9-10H,4,8,11-16H2,1-3H3,(H2,19,20,21);1H. The van der Waals surface area contributed by atoms with Crippen LogP contribution in [0.15, 0.2) is 35.3 Å². The second kappa shape index (κ2) is 15.7. The summed E-state index contributed by atoms with van der Waals surface area (Å²) in [6, 6.07) is 10.6. The van der Waals surface area contributed by atoms with Gasteiger partial charge in [-0.25, -0.2) is 0 Å². The van der Waals surface area contributed by atoms with Crippen LogP contribution in [0.3, 0.4) is 0 Å². The number of hydrogen-bond donors (Lipinski definition) is 2. The van der Waals surface area contributed by atoms with Crippen molar-refractivity contribution in [1.82, 2.24) is 15.5 Å². The van der Waals surface area contributed by atoms with E-state index in [1.54, 1.807) is 7.11 Å². The summed E-state index contributed by atoms with van der Waals surface area (Å²) in [5, 5.41) is 6.68. The second-order valence-electron chi connectivity index (χ2n) is 5.57. The van der Waals surface area contributed by atoms with Crippen molar-refractivity contribution in [3.05, 3.63) is 35.9 Å². The van der Waals surface area contributed by atoms with Crippen molar-refractivity contribution >= 4 is 29.9 Å². The SMILES string of the molecule is CCNC(=NCCCc1ccccc1)NCCN(C)CCOC.I. The fourth-order valence-corrected chi connectivity index (χ4v) is 2.18. The Bertz CT molecular complexity index is 428. The largest absolute Gasteiger partial charge is 0.383 e. The van der Waals surface area contributed by atoms with Crippen LogP contribution >= 0.6 is 24.0 Å². The Kier molecular flexibility index (Phi) is 15.1. The molecule has 0 aromatic heterocycles. The lowest BCUT2D eigenvalue weighted by Gasteiger charge is -2.17. The Hall–Kier alpha value is -0.860. The van der Waals surface area contributed by atoms with Gasteiger partial charge in [-0.2, -0.15) is 0 Å². The van der Waals surface area contributed by atoms with Gasteiger partial charge in [-0.15, -0.1) is 24.0 Å². The normalized spacial score (nSPS) is 11.2. The first-order valence-corrected chi connectivity index (χ1v) is 8.49. The monoisotopic (exact) mass is 448 g/mol. The Morgan fingerprint density at radius 1 is 1.17 bits per heavy atom. The fraction of sp³-hybridized carbons (Fsp3) is 0.611. The van der Waals surface area contributed by atoms with Gasteiger partial charge >= 0.3 is 0 Å². The molecular formula is C18H33IN4O. The maximum atomic E-state index is 5.08. The van der Waals surface area contributed by atoms with E-state index < -0.39 is 0 Å². The van der Waals surface area contributed by atoms with E-state index in [1.165, 1.54) is 5.56 Å². The fourth-order valence-electron chi connectivity index (χ4n) is 2.18. The van der Waals surface area contributed by atoms with Crippen molar-refractivity contribution in [2.45, 2.75) is 19.8 Å². The van der Waals surface area contributed by atoms with Gasteiger partial charge < -0.3 is 20.3 Å². The zero-order valence-corrected chi connectivity index (χ0v) is 17.6. The topological polar surface area (TPSA) is 48.9 Å². The number of halogens is 1. The van der Waals surface area contributed by atoms with Crippen molar-refractivity contribution < 1.29 is 4.74 Å².